The van der Waals surface area contributed by atoms with Gasteiger partial charge in [-0.05, 0) is 62.3 Å². The Morgan fingerprint density at radius 2 is 1.81 bits per heavy atom. The van der Waals surface area contributed by atoms with Gasteiger partial charge in [0.15, 0.2) is 0 Å². The Morgan fingerprint density at radius 3 is 2.57 bits per heavy atom. The fourth-order valence-electron chi connectivity index (χ4n) is 4.28. The third-order valence-corrected chi connectivity index (χ3v) is 5.57. The SMILES string of the molecule is Fc1ccc(C(NC2CCN3CCCCC23)C2CC2)cc1. The predicted molar refractivity (Wildman–Crippen MR) is 82.6 cm³/mol. The van der Waals surface area contributed by atoms with E-state index >= 15 is 0 Å². The highest BCUT2D eigenvalue weighted by molar-refractivity contribution is 5.22. The second-order valence-corrected chi connectivity index (χ2v) is 7.03. The van der Waals surface area contributed by atoms with Crippen molar-refractivity contribution in [2.45, 2.75) is 56.7 Å². The highest BCUT2D eigenvalue weighted by Gasteiger charge is 2.40. The van der Waals surface area contributed by atoms with Crippen molar-refractivity contribution in [3.63, 3.8) is 0 Å². The summed E-state index contributed by atoms with van der Waals surface area (Å²) in [4.78, 5) is 2.68. The van der Waals surface area contributed by atoms with Gasteiger partial charge in [0.2, 0.25) is 0 Å². The number of hydrogen-bond donors (Lipinski definition) is 1. The van der Waals surface area contributed by atoms with Gasteiger partial charge in [-0.3, -0.25) is 4.90 Å². The Morgan fingerprint density at radius 1 is 1.00 bits per heavy atom. The van der Waals surface area contributed by atoms with Crippen molar-refractivity contribution in [2.75, 3.05) is 13.1 Å². The zero-order valence-electron chi connectivity index (χ0n) is 12.6. The molecule has 114 valence electrons. The van der Waals surface area contributed by atoms with E-state index in [4.69, 9.17) is 0 Å². The van der Waals surface area contributed by atoms with Crippen molar-refractivity contribution in [1.82, 2.24) is 10.2 Å². The average Bonchev–Trinajstić information content (AvgIpc) is 3.27. The molecule has 3 aliphatic rings. The third-order valence-electron chi connectivity index (χ3n) is 5.57. The highest BCUT2D eigenvalue weighted by Crippen LogP contribution is 2.42. The van der Waals surface area contributed by atoms with Gasteiger partial charge in [0.25, 0.3) is 0 Å². The molecule has 1 N–H and O–H groups in total. The van der Waals surface area contributed by atoms with Crippen LogP contribution < -0.4 is 5.32 Å². The van der Waals surface area contributed by atoms with Gasteiger partial charge in [-0.2, -0.15) is 0 Å². The van der Waals surface area contributed by atoms with E-state index < -0.39 is 0 Å². The van der Waals surface area contributed by atoms with Gasteiger partial charge in [-0.15, -0.1) is 0 Å². The molecular weight excluding hydrogens is 263 g/mol. The summed E-state index contributed by atoms with van der Waals surface area (Å²) in [6.07, 6.45) is 8.00. The average molecular weight is 288 g/mol. The molecule has 0 radical (unpaired) electrons. The molecule has 0 amide bonds. The van der Waals surface area contributed by atoms with Gasteiger partial charge >= 0.3 is 0 Å². The fourth-order valence-corrected chi connectivity index (χ4v) is 4.28. The Bertz CT molecular complexity index is 482. The summed E-state index contributed by atoms with van der Waals surface area (Å²) in [5.74, 6) is 0.626. The molecule has 0 aromatic heterocycles. The summed E-state index contributed by atoms with van der Waals surface area (Å²) < 4.78 is 13.2. The molecule has 4 rings (SSSR count). The lowest BCUT2D eigenvalue weighted by Gasteiger charge is -2.34. The van der Waals surface area contributed by atoms with Crippen molar-refractivity contribution in [3.05, 3.63) is 35.6 Å². The third kappa shape index (κ3) is 2.86. The van der Waals surface area contributed by atoms with E-state index in [1.165, 1.54) is 57.2 Å². The Balaban J connectivity index is 1.49. The number of hydrogen-bond acceptors (Lipinski definition) is 2. The van der Waals surface area contributed by atoms with Crippen molar-refractivity contribution >= 4 is 0 Å². The summed E-state index contributed by atoms with van der Waals surface area (Å²) in [5, 5.41) is 3.95. The molecule has 2 aliphatic heterocycles. The van der Waals surface area contributed by atoms with Gasteiger partial charge in [0.05, 0.1) is 0 Å². The molecular formula is C18H25FN2. The first kappa shape index (κ1) is 13.7. The Hall–Kier alpha value is -0.930. The van der Waals surface area contributed by atoms with Crippen molar-refractivity contribution < 1.29 is 4.39 Å². The number of benzene rings is 1. The monoisotopic (exact) mass is 288 g/mol. The van der Waals surface area contributed by atoms with Gasteiger partial charge in [0.1, 0.15) is 5.82 Å². The number of nitrogens with one attached hydrogen (secondary N) is 1. The van der Waals surface area contributed by atoms with Crippen LogP contribution >= 0.6 is 0 Å². The van der Waals surface area contributed by atoms with Gasteiger partial charge < -0.3 is 5.32 Å². The first-order valence-electron chi connectivity index (χ1n) is 8.57. The fraction of sp³-hybridized carbons (Fsp3) is 0.667. The summed E-state index contributed by atoms with van der Waals surface area (Å²) >= 11 is 0. The van der Waals surface area contributed by atoms with Gasteiger partial charge in [-0.25, -0.2) is 4.39 Å². The summed E-state index contributed by atoms with van der Waals surface area (Å²) in [5.41, 5.74) is 1.27. The van der Waals surface area contributed by atoms with Crippen LogP contribution in [0.3, 0.4) is 0 Å². The minimum Gasteiger partial charge on any atom is -0.305 e. The molecule has 1 aromatic rings. The van der Waals surface area contributed by atoms with Crippen molar-refractivity contribution in [2.24, 2.45) is 5.92 Å². The molecule has 0 spiro atoms. The minimum absolute atomic E-state index is 0.132. The second kappa shape index (κ2) is 5.69. The van der Waals surface area contributed by atoms with Crippen LogP contribution in [0.2, 0.25) is 0 Å². The van der Waals surface area contributed by atoms with E-state index in [9.17, 15) is 4.39 Å². The smallest absolute Gasteiger partial charge is 0.123 e. The molecule has 2 heterocycles. The van der Waals surface area contributed by atoms with E-state index in [1.54, 1.807) is 12.1 Å². The molecule has 3 heteroatoms. The maximum atomic E-state index is 13.2. The first-order chi connectivity index (χ1) is 10.3. The molecule has 2 saturated heterocycles. The summed E-state index contributed by atoms with van der Waals surface area (Å²) in [6.45, 7) is 2.54. The topological polar surface area (TPSA) is 15.3 Å². The Labute approximate surface area is 126 Å². The molecule has 2 nitrogen and oxygen atoms in total. The van der Waals surface area contributed by atoms with E-state index in [2.05, 4.69) is 10.2 Å². The van der Waals surface area contributed by atoms with Crippen LogP contribution in [0.5, 0.6) is 0 Å². The summed E-state index contributed by atoms with van der Waals surface area (Å²) in [6, 6.07) is 8.94. The van der Waals surface area contributed by atoms with Crippen LogP contribution in [0.4, 0.5) is 4.39 Å². The lowest BCUT2D eigenvalue weighted by Crippen LogP contribution is -2.46. The number of rotatable bonds is 4. The lowest BCUT2D eigenvalue weighted by molar-refractivity contribution is 0.175. The van der Waals surface area contributed by atoms with Crippen molar-refractivity contribution in [3.8, 4) is 0 Å². The van der Waals surface area contributed by atoms with Crippen LogP contribution in [-0.2, 0) is 0 Å². The summed E-state index contributed by atoms with van der Waals surface area (Å²) in [7, 11) is 0. The molecule has 21 heavy (non-hydrogen) atoms. The second-order valence-electron chi connectivity index (χ2n) is 7.03. The molecule has 3 unspecified atom stereocenters. The first-order valence-corrected chi connectivity index (χ1v) is 8.57. The zero-order valence-corrected chi connectivity index (χ0v) is 12.6. The zero-order chi connectivity index (χ0) is 14.2. The van der Waals surface area contributed by atoms with E-state index in [1.807, 2.05) is 12.1 Å². The van der Waals surface area contributed by atoms with Gasteiger partial charge in [0, 0.05) is 24.7 Å². The maximum Gasteiger partial charge on any atom is 0.123 e. The maximum absolute atomic E-state index is 13.2. The van der Waals surface area contributed by atoms with Gasteiger partial charge in [-0.1, -0.05) is 18.6 Å². The van der Waals surface area contributed by atoms with Crippen LogP contribution in [0.25, 0.3) is 0 Å². The van der Waals surface area contributed by atoms with Crippen molar-refractivity contribution in [1.29, 1.82) is 0 Å². The number of halogens is 1. The van der Waals surface area contributed by atoms with E-state index in [0.717, 1.165) is 12.0 Å². The molecule has 3 atom stereocenters. The molecule has 0 bridgehead atoms. The van der Waals surface area contributed by atoms with E-state index in [0.29, 0.717) is 12.1 Å². The quantitative estimate of drug-likeness (QED) is 0.912. The molecule has 3 fully saturated rings. The normalized spacial score (nSPS) is 31.1. The Kier molecular flexibility index (Phi) is 3.72. The molecule has 1 aliphatic carbocycles. The highest BCUT2D eigenvalue weighted by atomic mass is 19.1. The van der Waals surface area contributed by atoms with Crippen LogP contribution in [0.1, 0.15) is 50.1 Å². The number of nitrogens with zero attached hydrogens (tertiary/aromatic N) is 1. The standard InChI is InChI=1S/C18H25FN2/c19-15-8-6-14(7-9-15)18(13-4-5-13)20-16-10-12-21-11-2-1-3-17(16)21/h6-9,13,16-18,20H,1-5,10-12H2. The lowest BCUT2D eigenvalue weighted by atomic mass is 9.95. The van der Waals surface area contributed by atoms with Crippen LogP contribution in [0.15, 0.2) is 24.3 Å². The van der Waals surface area contributed by atoms with E-state index in [-0.39, 0.29) is 5.82 Å². The number of fused-ring (bicyclic) bond motifs is 1. The largest absolute Gasteiger partial charge is 0.305 e. The molecule has 1 aromatic carbocycles. The van der Waals surface area contributed by atoms with Crippen LogP contribution in [0, 0.1) is 11.7 Å². The minimum atomic E-state index is -0.132. The molecule has 1 saturated carbocycles. The number of piperidine rings is 1. The van der Waals surface area contributed by atoms with Crippen LogP contribution in [-0.4, -0.2) is 30.1 Å². The predicted octanol–water partition coefficient (Wildman–Crippen LogP) is 3.49.